The molecule has 0 bridgehead atoms. The Morgan fingerprint density at radius 2 is 2.15 bits per heavy atom. The van der Waals surface area contributed by atoms with E-state index in [-0.39, 0.29) is 16.7 Å². The third-order valence-corrected chi connectivity index (χ3v) is 4.48. The van der Waals surface area contributed by atoms with Gasteiger partial charge in [-0.05, 0) is 39.7 Å². The number of nitrogens with zero attached hydrogens (tertiary/aromatic N) is 4. The van der Waals surface area contributed by atoms with Gasteiger partial charge in [0.05, 0.1) is 21.9 Å². The van der Waals surface area contributed by atoms with Gasteiger partial charge in [-0.1, -0.05) is 0 Å². The minimum Gasteiger partial charge on any atom is -0.444 e. The summed E-state index contributed by atoms with van der Waals surface area (Å²) in [6.45, 7) is 8.33. The Labute approximate surface area is 157 Å². The van der Waals surface area contributed by atoms with Crippen molar-refractivity contribution >= 4 is 28.4 Å². The summed E-state index contributed by atoms with van der Waals surface area (Å²) in [5, 5.41) is 19.7. The van der Waals surface area contributed by atoms with Crippen LogP contribution in [-0.4, -0.2) is 45.5 Å². The molecule has 2 heterocycles. The summed E-state index contributed by atoms with van der Waals surface area (Å²) in [5.41, 5.74) is 1.57. The second-order valence-electron chi connectivity index (χ2n) is 7.96. The van der Waals surface area contributed by atoms with Crippen molar-refractivity contribution in [3.05, 3.63) is 27.9 Å². The Hall–Kier alpha value is -2.84. The fraction of sp³-hybridized carbons (Fsp3) is 0.556. The zero-order chi connectivity index (χ0) is 19.9. The maximum atomic E-state index is 12.0. The second kappa shape index (κ2) is 6.71. The van der Waals surface area contributed by atoms with Crippen LogP contribution < -0.4 is 10.2 Å². The van der Waals surface area contributed by atoms with Gasteiger partial charge >= 0.3 is 6.09 Å². The van der Waals surface area contributed by atoms with E-state index in [0.29, 0.717) is 25.2 Å². The van der Waals surface area contributed by atoms with Gasteiger partial charge in [-0.2, -0.15) is 5.10 Å². The van der Waals surface area contributed by atoms with Crippen LogP contribution in [0.2, 0.25) is 0 Å². The molecule has 0 radical (unpaired) electrons. The molecule has 146 valence electrons. The number of aryl methyl sites for hydroxylation is 2. The molecule has 2 aromatic rings. The van der Waals surface area contributed by atoms with Crippen LogP contribution >= 0.6 is 0 Å². The summed E-state index contributed by atoms with van der Waals surface area (Å²) in [4.78, 5) is 25.3. The molecule has 1 aromatic heterocycles. The zero-order valence-electron chi connectivity index (χ0n) is 16.3. The highest BCUT2D eigenvalue weighted by molar-refractivity contribution is 5.98. The summed E-state index contributed by atoms with van der Waals surface area (Å²) in [6, 6.07) is 1.44. The number of alkyl carbamates (subject to hydrolysis) is 1. The van der Waals surface area contributed by atoms with Gasteiger partial charge in [0.1, 0.15) is 11.3 Å². The van der Waals surface area contributed by atoms with Crippen molar-refractivity contribution in [3.8, 4) is 0 Å². The average molecular weight is 375 g/mol. The third kappa shape index (κ3) is 3.96. The molecule has 9 heteroatoms. The maximum Gasteiger partial charge on any atom is 0.407 e. The SMILES string of the molecule is Cc1cc([N+](=O)[O-])c(N2CCC(NC(=O)OC(C)(C)C)C2)c2cn(C)nc12. The lowest BCUT2D eigenvalue weighted by Gasteiger charge is -2.22. The van der Waals surface area contributed by atoms with E-state index >= 15 is 0 Å². The van der Waals surface area contributed by atoms with E-state index in [1.54, 1.807) is 24.0 Å². The Balaban J connectivity index is 1.88. The van der Waals surface area contributed by atoms with Crippen molar-refractivity contribution in [3.63, 3.8) is 0 Å². The van der Waals surface area contributed by atoms with E-state index in [4.69, 9.17) is 4.74 Å². The topological polar surface area (TPSA) is 103 Å². The zero-order valence-corrected chi connectivity index (χ0v) is 16.3. The molecule has 1 unspecified atom stereocenters. The average Bonchev–Trinajstić information content (AvgIpc) is 3.11. The van der Waals surface area contributed by atoms with Crippen LogP contribution in [-0.2, 0) is 11.8 Å². The van der Waals surface area contributed by atoms with Gasteiger partial charge in [0, 0.05) is 32.4 Å². The number of ether oxygens (including phenoxy) is 1. The fourth-order valence-corrected chi connectivity index (χ4v) is 3.46. The molecule has 1 saturated heterocycles. The number of nitrogens with one attached hydrogen (secondary N) is 1. The number of hydrogen-bond donors (Lipinski definition) is 1. The van der Waals surface area contributed by atoms with Crippen LogP contribution in [0.1, 0.15) is 32.8 Å². The van der Waals surface area contributed by atoms with Gasteiger partial charge in [0.2, 0.25) is 0 Å². The lowest BCUT2D eigenvalue weighted by Crippen LogP contribution is -2.40. The van der Waals surface area contributed by atoms with Gasteiger partial charge in [-0.3, -0.25) is 14.8 Å². The highest BCUT2D eigenvalue weighted by atomic mass is 16.6. The van der Waals surface area contributed by atoms with Gasteiger partial charge < -0.3 is 15.0 Å². The van der Waals surface area contributed by atoms with Crippen molar-refractivity contribution in [2.24, 2.45) is 7.05 Å². The van der Waals surface area contributed by atoms with Crippen LogP contribution in [0.4, 0.5) is 16.2 Å². The predicted molar refractivity (Wildman–Crippen MR) is 102 cm³/mol. The molecule has 1 aliphatic rings. The predicted octanol–water partition coefficient (Wildman–Crippen LogP) is 2.89. The van der Waals surface area contributed by atoms with Gasteiger partial charge in [0.25, 0.3) is 5.69 Å². The summed E-state index contributed by atoms with van der Waals surface area (Å²) < 4.78 is 6.97. The number of fused-ring (bicyclic) bond motifs is 1. The summed E-state index contributed by atoms with van der Waals surface area (Å²) in [6.07, 6.45) is 2.02. The van der Waals surface area contributed by atoms with Gasteiger partial charge in [-0.15, -0.1) is 0 Å². The number of nitro groups is 1. The standard InChI is InChI=1S/C18H25N5O4/c1-11-8-14(23(25)26)16(13-10-21(5)20-15(11)13)22-7-6-12(9-22)19-17(24)27-18(2,3)4/h8,10,12H,6-7,9H2,1-5H3,(H,19,24). The smallest absolute Gasteiger partial charge is 0.407 e. The molecule has 1 amide bonds. The molecule has 1 aliphatic heterocycles. The number of rotatable bonds is 3. The molecule has 9 nitrogen and oxygen atoms in total. The highest BCUT2D eigenvalue weighted by Crippen LogP contribution is 2.39. The molecule has 1 aromatic carbocycles. The van der Waals surface area contributed by atoms with E-state index in [0.717, 1.165) is 16.5 Å². The van der Waals surface area contributed by atoms with Crippen molar-refractivity contribution in [2.45, 2.75) is 45.8 Å². The second-order valence-corrected chi connectivity index (χ2v) is 7.96. The number of amides is 1. The van der Waals surface area contributed by atoms with Crippen LogP contribution in [0.25, 0.3) is 10.9 Å². The minimum absolute atomic E-state index is 0.0610. The molecule has 1 fully saturated rings. The Bertz CT molecular complexity index is 899. The third-order valence-electron chi connectivity index (χ3n) is 4.48. The first-order valence-electron chi connectivity index (χ1n) is 8.91. The molecule has 0 saturated carbocycles. The first-order valence-corrected chi connectivity index (χ1v) is 8.91. The van der Waals surface area contributed by atoms with Crippen LogP contribution in [0.15, 0.2) is 12.3 Å². The van der Waals surface area contributed by atoms with Crippen molar-refractivity contribution in [2.75, 3.05) is 18.0 Å². The summed E-state index contributed by atoms with van der Waals surface area (Å²) in [7, 11) is 1.80. The quantitative estimate of drug-likeness (QED) is 0.654. The van der Waals surface area contributed by atoms with E-state index < -0.39 is 11.7 Å². The monoisotopic (exact) mass is 375 g/mol. The number of anilines is 1. The lowest BCUT2D eigenvalue weighted by molar-refractivity contribution is -0.384. The molecule has 0 spiro atoms. The molecular weight excluding hydrogens is 350 g/mol. The molecule has 1 N–H and O–H groups in total. The number of nitro benzene ring substituents is 1. The minimum atomic E-state index is -0.569. The Morgan fingerprint density at radius 1 is 1.44 bits per heavy atom. The summed E-state index contributed by atoms with van der Waals surface area (Å²) in [5.74, 6) is 0. The highest BCUT2D eigenvalue weighted by Gasteiger charge is 2.32. The van der Waals surface area contributed by atoms with Crippen molar-refractivity contribution in [1.29, 1.82) is 0 Å². The molecule has 3 rings (SSSR count). The molecule has 1 atom stereocenters. The van der Waals surface area contributed by atoms with E-state index in [1.807, 2.05) is 32.6 Å². The lowest BCUT2D eigenvalue weighted by atomic mass is 10.1. The maximum absolute atomic E-state index is 12.0. The molecule has 0 aliphatic carbocycles. The number of carbonyl (C=O) groups excluding carboxylic acids is 1. The van der Waals surface area contributed by atoms with E-state index in [1.165, 1.54) is 0 Å². The first-order chi connectivity index (χ1) is 12.5. The molecular formula is C18H25N5O4. The van der Waals surface area contributed by atoms with Crippen LogP contribution in [0.5, 0.6) is 0 Å². The largest absolute Gasteiger partial charge is 0.444 e. The number of hydrogen-bond acceptors (Lipinski definition) is 6. The van der Waals surface area contributed by atoms with Crippen molar-refractivity contribution < 1.29 is 14.5 Å². The summed E-state index contributed by atoms with van der Waals surface area (Å²) >= 11 is 0. The van der Waals surface area contributed by atoms with Gasteiger partial charge in [-0.25, -0.2) is 4.79 Å². The van der Waals surface area contributed by atoms with Gasteiger partial charge in [0.15, 0.2) is 0 Å². The number of carbonyl (C=O) groups is 1. The van der Waals surface area contributed by atoms with Crippen LogP contribution in [0, 0.1) is 17.0 Å². The normalized spacial score (nSPS) is 17.4. The number of aromatic nitrogens is 2. The van der Waals surface area contributed by atoms with E-state index in [9.17, 15) is 14.9 Å². The number of benzene rings is 1. The van der Waals surface area contributed by atoms with Crippen molar-refractivity contribution in [1.82, 2.24) is 15.1 Å². The van der Waals surface area contributed by atoms with Crippen LogP contribution in [0.3, 0.4) is 0 Å². The Kier molecular flexibility index (Phi) is 4.71. The fourth-order valence-electron chi connectivity index (χ4n) is 3.46. The molecule has 27 heavy (non-hydrogen) atoms. The van der Waals surface area contributed by atoms with E-state index in [2.05, 4.69) is 10.4 Å². The first kappa shape index (κ1) is 18.9. The Morgan fingerprint density at radius 3 is 2.78 bits per heavy atom.